The lowest BCUT2D eigenvalue weighted by molar-refractivity contribution is 0.0953. The first-order valence-electron chi connectivity index (χ1n) is 3.98. The van der Waals surface area contributed by atoms with Crippen LogP contribution in [0.15, 0.2) is 18.2 Å². The maximum atomic E-state index is 11.4. The highest BCUT2D eigenvalue weighted by atomic mass is 127. The molecule has 1 rings (SSSR count). The summed E-state index contributed by atoms with van der Waals surface area (Å²) in [5.74, 6) is 0.0373. The van der Waals surface area contributed by atoms with E-state index in [1.165, 1.54) is 6.07 Å². The molecule has 0 bridgehead atoms. The molecule has 76 valence electrons. The third kappa shape index (κ3) is 3.02. The summed E-state index contributed by atoms with van der Waals surface area (Å²) >= 11 is 7.50. The standard InChI is InChI=1S/C9H9ClINO2/c10-3-4-12-9(14)7-5-6(11)1-2-8(7)13/h1-2,5,13H,3-4H2,(H,12,14). The van der Waals surface area contributed by atoms with Crippen molar-refractivity contribution in [2.75, 3.05) is 12.4 Å². The van der Waals surface area contributed by atoms with Crippen molar-refractivity contribution >= 4 is 40.1 Å². The number of alkyl halides is 1. The van der Waals surface area contributed by atoms with Gasteiger partial charge in [0.15, 0.2) is 0 Å². The van der Waals surface area contributed by atoms with Gasteiger partial charge in [-0.2, -0.15) is 0 Å². The van der Waals surface area contributed by atoms with Gasteiger partial charge in [0.2, 0.25) is 0 Å². The predicted molar refractivity (Wildman–Crippen MR) is 63.9 cm³/mol. The van der Waals surface area contributed by atoms with Crippen molar-refractivity contribution in [3.8, 4) is 5.75 Å². The fourth-order valence-electron chi connectivity index (χ4n) is 0.946. The first-order valence-corrected chi connectivity index (χ1v) is 5.59. The van der Waals surface area contributed by atoms with E-state index in [9.17, 15) is 9.90 Å². The van der Waals surface area contributed by atoms with Crippen molar-refractivity contribution in [3.05, 3.63) is 27.3 Å². The predicted octanol–water partition coefficient (Wildman–Crippen LogP) is 1.97. The number of hydrogen-bond acceptors (Lipinski definition) is 2. The molecule has 3 nitrogen and oxygen atoms in total. The highest BCUT2D eigenvalue weighted by Gasteiger charge is 2.10. The molecule has 0 atom stereocenters. The Balaban J connectivity index is 2.83. The largest absolute Gasteiger partial charge is 0.507 e. The van der Waals surface area contributed by atoms with Gasteiger partial charge in [0.05, 0.1) is 5.56 Å². The molecule has 0 unspecified atom stereocenters. The van der Waals surface area contributed by atoms with Gasteiger partial charge in [0.25, 0.3) is 5.91 Å². The summed E-state index contributed by atoms with van der Waals surface area (Å²) < 4.78 is 0.899. The van der Waals surface area contributed by atoms with Crippen LogP contribution in [0, 0.1) is 3.57 Å². The molecular formula is C9H9ClINO2. The molecule has 0 aliphatic heterocycles. The van der Waals surface area contributed by atoms with Crippen molar-refractivity contribution in [2.45, 2.75) is 0 Å². The van der Waals surface area contributed by atoms with Crippen LogP contribution < -0.4 is 5.32 Å². The molecular weight excluding hydrogens is 316 g/mol. The summed E-state index contributed by atoms with van der Waals surface area (Å²) in [5.41, 5.74) is 0.280. The van der Waals surface area contributed by atoms with E-state index >= 15 is 0 Å². The molecule has 1 aromatic rings. The smallest absolute Gasteiger partial charge is 0.255 e. The molecule has 0 spiro atoms. The van der Waals surface area contributed by atoms with E-state index in [-0.39, 0.29) is 17.2 Å². The minimum atomic E-state index is -0.304. The Morgan fingerprint density at radius 1 is 1.57 bits per heavy atom. The van der Waals surface area contributed by atoms with Crippen molar-refractivity contribution < 1.29 is 9.90 Å². The van der Waals surface area contributed by atoms with Crippen molar-refractivity contribution in [2.24, 2.45) is 0 Å². The SMILES string of the molecule is O=C(NCCCl)c1cc(I)ccc1O. The number of phenolic OH excluding ortho intramolecular Hbond substituents is 1. The Hall–Kier alpha value is -0.490. The number of halogens is 2. The molecule has 0 aliphatic carbocycles. The van der Waals surface area contributed by atoms with Crippen LogP contribution >= 0.6 is 34.2 Å². The third-order valence-corrected chi connectivity index (χ3v) is 2.44. The lowest BCUT2D eigenvalue weighted by atomic mass is 10.2. The van der Waals surface area contributed by atoms with Gasteiger partial charge in [-0.05, 0) is 40.8 Å². The number of carbonyl (C=O) groups excluding carboxylic acids is 1. The summed E-state index contributed by atoms with van der Waals surface area (Å²) in [6.45, 7) is 0.394. The van der Waals surface area contributed by atoms with E-state index in [2.05, 4.69) is 27.9 Å². The number of carbonyl (C=O) groups is 1. The van der Waals surface area contributed by atoms with E-state index in [1.54, 1.807) is 12.1 Å². The molecule has 0 aliphatic rings. The van der Waals surface area contributed by atoms with Crippen LogP contribution in [-0.2, 0) is 0 Å². The molecule has 2 N–H and O–H groups in total. The minimum Gasteiger partial charge on any atom is -0.507 e. The van der Waals surface area contributed by atoms with Crippen LogP contribution in [0.2, 0.25) is 0 Å². The zero-order chi connectivity index (χ0) is 10.6. The van der Waals surface area contributed by atoms with E-state index in [1.807, 2.05) is 0 Å². The highest BCUT2D eigenvalue weighted by molar-refractivity contribution is 14.1. The van der Waals surface area contributed by atoms with E-state index < -0.39 is 0 Å². The number of nitrogens with one attached hydrogen (secondary N) is 1. The van der Waals surface area contributed by atoms with Crippen LogP contribution in [0.5, 0.6) is 5.75 Å². The number of hydrogen-bond donors (Lipinski definition) is 2. The van der Waals surface area contributed by atoms with Gasteiger partial charge in [0, 0.05) is 16.0 Å². The van der Waals surface area contributed by atoms with Gasteiger partial charge >= 0.3 is 0 Å². The molecule has 0 heterocycles. The first kappa shape index (κ1) is 11.6. The average molecular weight is 326 g/mol. The number of rotatable bonds is 3. The fraction of sp³-hybridized carbons (Fsp3) is 0.222. The molecule has 0 saturated carbocycles. The minimum absolute atomic E-state index is 0.0162. The normalized spacial score (nSPS) is 9.86. The molecule has 0 radical (unpaired) electrons. The second kappa shape index (κ2) is 5.41. The summed E-state index contributed by atoms with van der Waals surface area (Å²) in [4.78, 5) is 11.4. The second-order valence-corrected chi connectivity index (χ2v) is 4.23. The van der Waals surface area contributed by atoms with Gasteiger partial charge in [-0.3, -0.25) is 4.79 Å². The van der Waals surface area contributed by atoms with Crippen LogP contribution in [0.4, 0.5) is 0 Å². The Bertz CT molecular complexity index is 344. The number of phenols is 1. The average Bonchev–Trinajstić information content (AvgIpc) is 2.18. The molecule has 0 fully saturated rings. The first-order chi connectivity index (χ1) is 6.65. The topological polar surface area (TPSA) is 49.3 Å². The monoisotopic (exact) mass is 325 g/mol. The van der Waals surface area contributed by atoms with Crippen molar-refractivity contribution in [1.29, 1.82) is 0 Å². The van der Waals surface area contributed by atoms with Gasteiger partial charge < -0.3 is 10.4 Å². The highest BCUT2D eigenvalue weighted by Crippen LogP contribution is 2.19. The van der Waals surface area contributed by atoms with Crippen LogP contribution in [-0.4, -0.2) is 23.4 Å². The molecule has 5 heteroatoms. The van der Waals surface area contributed by atoms with E-state index in [0.29, 0.717) is 12.4 Å². The quantitative estimate of drug-likeness (QED) is 0.659. The maximum absolute atomic E-state index is 11.4. The molecule has 14 heavy (non-hydrogen) atoms. The van der Waals surface area contributed by atoms with Crippen LogP contribution in [0.25, 0.3) is 0 Å². The Labute approximate surface area is 101 Å². The maximum Gasteiger partial charge on any atom is 0.255 e. The zero-order valence-electron chi connectivity index (χ0n) is 7.26. The number of benzene rings is 1. The van der Waals surface area contributed by atoms with Gasteiger partial charge in [0.1, 0.15) is 5.75 Å². The lowest BCUT2D eigenvalue weighted by Gasteiger charge is -2.05. The van der Waals surface area contributed by atoms with Gasteiger partial charge in [-0.25, -0.2) is 0 Å². The lowest BCUT2D eigenvalue weighted by Crippen LogP contribution is -2.25. The number of amides is 1. The van der Waals surface area contributed by atoms with Gasteiger partial charge in [-0.15, -0.1) is 11.6 Å². The van der Waals surface area contributed by atoms with E-state index in [0.717, 1.165) is 3.57 Å². The fourth-order valence-corrected chi connectivity index (χ4v) is 1.53. The summed E-state index contributed by atoms with van der Waals surface area (Å²) in [7, 11) is 0. The second-order valence-electron chi connectivity index (χ2n) is 2.61. The summed E-state index contributed by atoms with van der Waals surface area (Å²) in [6.07, 6.45) is 0. The number of aromatic hydroxyl groups is 1. The summed E-state index contributed by atoms with van der Waals surface area (Å²) in [5, 5.41) is 12.0. The van der Waals surface area contributed by atoms with Crippen LogP contribution in [0.3, 0.4) is 0 Å². The van der Waals surface area contributed by atoms with Crippen molar-refractivity contribution in [1.82, 2.24) is 5.32 Å². The molecule has 0 aromatic heterocycles. The molecule has 1 aromatic carbocycles. The zero-order valence-corrected chi connectivity index (χ0v) is 10.2. The Kier molecular flexibility index (Phi) is 4.47. The van der Waals surface area contributed by atoms with Crippen molar-refractivity contribution in [3.63, 3.8) is 0 Å². The van der Waals surface area contributed by atoms with Crippen LogP contribution in [0.1, 0.15) is 10.4 Å². The van der Waals surface area contributed by atoms with E-state index in [4.69, 9.17) is 11.6 Å². The molecule has 0 saturated heterocycles. The Morgan fingerprint density at radius 2 is 2.29 bits per heavy atom. The van der Waals surface area contributed by atoms with Gasteiger partial charge in [-0.1, -0.05) is 0 Å². The molecule has 1 amide bonds. The summed E-state index contributed by atoms with van der Waals surface area (Å²) in [6, 6.07) is 4.85. The Morgan fingerprint density at radius 3 is 2.93 bits per heavy atom. The third-order valence-electron chi connectivity index (χ3n) is 1.58.